The van der Waals surface area contributed by atoms with E-state index in [1.165, 1.54) is 0 Å². The van der Waals surface area contributed by atoms with Crippen LogP contribution < -0.4 is 0 Å². The molecule has 0 aliphatic heterocycles. The van der Waals surface area contributed by atoms with Crippen LogP contribution in [0.1, 0.15) is 0 Å². The SMILES string of the molecule is c1ccc(-c2ccc(-c3nc(-c4cccc5c4oc4ccccc45)nc(-c4cccc5oc6ccccc6c45)n3)c3ccccc23)cc1. The number of hydrogen-bond donors (Lipinski definition) is 0. The van der Waals surface area contributed by atoms with Crippen molar-refractivity contribution in [1.29, 1.82) is 0 Å². The van der Waals surface area contributed by atoms with Gasteiger partial charge in [-0.05, 0) is 52.2 Å². The maximum absolute atomic E-state index is 6.46. The summed E-state index contributed by atoms with van der Waals surface area (Å²) in [6.07, 6.45) is 0. The van der Waals surface area contributed by atoms with Gasteiger partial charge >= 0.3 is 0 Å². The molecule has 0 unspecified atom stereocenters. The zero-order valence-electron chi connectivity index (χ0n) is 25.6. The Bertz CT molecular complexity index is 2850. The van der Waals surface area contributed by atoms with E-state index in [0.29, 0.717) is 17.5 Å². The Morgan fingerprint density at radius 1 is 0.312 bits per heavy atom. The van der Waals surface area contributed by atoms with Gasteiger partial charge in [-0.3, -0.25) is 0 Å². The van der Waals surface area contributed by atoms with E-state index in [4.69, 9.17) is 23.8 Å². The topological polar surface area (TPSA) is 65.0 Å². The molecule has 0 amide bonds. The Labute approximate surface area is 274 Å². The fraction of sp³-hybridized carbons (Fsp3) is 0. The lowest BCUT2D eigenvalue weighted by Crippen LogP contribution is -2.01. The van der Waals surface area contributed by atoms with E-state index in [9.17, 15) is 0 Å². The van der Waals surface area contributed by atoms with Crippen LogP contribution in [0.3, 0.4) is 0 Å². The van der Waals surface area contributed by atoms with Crippen LogP contribution in [0.25, 0.3) is 99.9 Å². The third-order valence-corrected chi connectivity index (χ3v) is 9.17. The lowest BCUT2D eigenvalue weighted by Gasteiger charge is -2.13. The Morgan fingerprint density at radius 2 is 0.833 bits per heavy atom. The van der Waals surface area contributed by atoms with E-state index < -0.39 is 0 Å². The first-order valence-corrected chi connectivity index (χ1v) is 15.9. The third-order valence-electron chi connectivity index (χ3n) is 9.17. The number of aromatic nitrogens is 3. The highest BCUT2D eigenvalue weighted by atomic mass is 16.3. The normalized spacial score (nSPS) is 11.8. The quantitative estimate of drug-likeness (QED) is 0.197. The van der Waals surface area contributed by atoms with Crippen molar-refractivity contribution in [3.63, 3.8) is 0 Å². The minimum atomic E-state index is 0.542. The summed E-state index contributed by atoms with van der Waals surface area (Å²) < 4.78 is 12.7. The van der Waals surface area contributed by atoms with Gasteiger partial charge in [-0.2, -0.15) is 0 Å². The molecule has 0 aliphatic carbocycles. The van der Waals surface area contributed by atoms with Crippen LogP contribution in [0, 0.1) is 0 Å². The first-order valence-electron chi connectivity index (χ1n) is 15.9. The molecule has 7 aromatic carbocycles. The Hall–Kier alpha value is -6.59. The minimum absolute atomic E-state index is 0.542. The van der Waals surface area contributed by atoms with Gasteiger partial charge in [-0.1, -0.05) is 121 Å². The average Bonchev–Trinajstić information content (AvgIpc) is 3.73. The Kier molecular flexibility index (Phi) is 5.81. The molecule has 3 aromatic heterocycles. The van der Waals surface area contributed by atoms with Crippen LogP contribution in [0.2, 0.25) is 0 Å². The maximum Gasteiger partial charge on any atom is 0.167 e. The third kappa shape index (κ3) is 4.08. The van der Waals surface area contributed by atoms with Gasteiger partial charge in [0.15, 0.2) is 17.5 Å². The Morgan fingerprint density at radius 3 is 1.62 bits per heavy atom. The molecule has 3 heterocycles. The molecule has 5 nitrogen and oxygen atoms in total. The molecule has 5 heteroatoms. The van der Waals surface area contributed by atoms with Crippen molar-refractivity contribution in [2.45, 2.75) is 0 Å². The fourth-order valence-corrected chi connectivity index (χ4v) is 6.99. The molecule has 48 heavy (non-hydrogen) atoms. The van der Waals surface area contributed by atoms with Crippen molar-refractivity contribution in [3.8, 4) is 45.3 Å². The van der Waals surface area contributed by atoms with Crippen molar-refractivity contribution in [2.75, 3.05) is 0 Å². The average molecular weight is 616 g/mol. The highest BCUT2D eigenvalue weighted by Crippen LogP contribution is 2.40. The number of benzene rings is 7. The molecule has 0 spiro atoms. The summed E-state index contributed by atoms with van der Waals surface area (Å²) in [5.41, 5.74) is 8.12. The molecule has 0 aliphatic rings. The summed E-state index contributed by atoms with van der Waals surface area (Å²) in [7, 11) is 0. The van der Waals surface area contributed by atoms with Gasteiger partial charge in [0.1, 0.15) is 22.3 Å². The smallest absolute Gasteiger partial charge is 0.167 e. The van der Waals surface area contributed by atoms with Crippen molar-refractivity contribution in [3.05, 3.63) is 152 Å². The van der Waals surface area contributed by atoms with Crippen LogP contribution in [0.5, 0.6) is 0 Å². The highest BCUT2D eigenvalue weighted by molar-refractivity contribution is 6.12. The molecule has 0 saturated heterocycles. The van der Waals surface area contributed by atoms with Crippen molar-refractivity contribution < 1.29 is 8.83 Å². The highest BCUT2D eigenvalue weighted by Gasteiger charge is 2.21. The van der Waals surface area contributed by atoms with Gasteiger partial charge in [0.2, 0.25) is 0 Å². The second-order valence-corrected chi connectivity index (χ2v) is 11.9. The predicted molar refractivity (Wildman–Crippen MR) is 194 cm³/mol. The molecular weight excluding hydrogens is 590 g/mol. The van der Waals surface area contributed by atoms with Crippen LogP contribution >= 0.6 is 0 Å². The van der Waals surface area contributed by atoms with E-state index in [0.717, 1.165) is 82.5 Å². The van der Waals surface area contributed by atoms with Gasteiger partial charge in [0, 0.05) is 32.7 Å². The lowest BCUT2D eigenvalue weighted by molar-refractivity contribution is 0.668. The number of nitrogens with zero attached hydrogens (tertiary/aromatic N) is 3. The second kappa shape index (κ2) is 10.5. The molecule has 0 fully saturated rings. The van der Waals surface area contributed by atoms with Gasteiger partial charge in [0.05, 0.1) is 5.56 Å². The number of furan rings is 2. The first kappa shape index (κ1) is 26.6. The van der Waals surface area contributed by atoms with Crippen LogP contribution in [0.4, 0.5) is 0 Å². The molecule has 224 valence electrons. The van der Waals surface area contributed by atoms with Gasteiger partial charge in [-0.25, -0.2) is 15.0 Å². The van der Waals surface area contributed by atoms with Crippen LogP contribution in [0.15, 0.2) is 160 Å². The summed E-state index contributed by atoms with van der Waals surface area (Å²) in [6.45, 7) is 0. The molecule has 0 N–H and O–H groups in total. The minimum Gasteiger partial charge on any atom is -0.456 e. The molecule has 10 rings (SSSR count). The molecular formula is C43H25N3O2. The summed E-state index contributed by atoms with van der Waals surface area (Å²) >= 11 is 0. The maximum atomic E-state index is 6.46. The van der Waals surface area contributed by atoms with Crippen LogP contribution in [-0.4, -0.2) is 15.0 Å². The van der Waals surface area contributed by atoms with E-state index in [1.54, 1.807) is 0 Å². The van der Waals surface area contributed by atoms with Gasteiger partial charge < -0.3 is 8.83 Å². The van der Waals surface area contributed by atoms with Gasteiger partial charge in [-0.15, -0.1) is 0 Å². The summed E-state index contributed by atoms with van der Waals surface area (Å²) in [5.74, 6) is 1.70. The standard InChI is InChI=1S/C43H25N3O2/c1-2-12-26(13-3-1)27-24-25-32(29-15-5-4-14-28(27)29)41-44-42(34-19-11-23-38-39(34)33-17-7-9-22-37(33)47-38)46-43(45-41)35-20-10-18-31-30-16-6-8-21-36(30)48-40(31)35/h1-25H. The number of hydrogen-bond acceptors (Lipinski definition) is 5. The summed E-state index contributed by atoms with van der Waals surface area (Å²) in [6, 6.07) is 51.6. The molecule has 0 atom stereocenters. The van der Waals surface area contributed by atoms with Crippen molar-refractivity contribution >= 4 is 54.6 Å². The van der Waals surface area contributed by atoms with Crippen LogP contribution in [-0.2, 0) is 0 Å². The molecule has 0 radical (unpaired) electrons. The molecule has 10 aromatic rings. The summed E-state index contributed by atoms with van der Waals surface area (Å²) in [5, 5.41) is 6.27. The Balaban J connectivity index is 1.28. The largest absolute Gasteiger partial charge is 0.456 e. The van der Waals surface area contributed by atoms with E-state index in [2.05, 4.69) is 84.9 Å². The fourth-order valence-electron chi connectivity index (χ4n) is 6.99. The van der Waals surface area contributed by atoms with Crippen molar-refractivity contribution in [1.82, 2.24) is 15.0 Å². The second-order valence-electron chi connectivity index (χ2n) is 11.9. The molecule has 0 bridgehead atoms. The van der Waals surface area contributed by atoms with E-state index >= 15 is 0 Å². The lowest BCUT2D eigenvalue weighted by atomic mass is 9.94. The number of para-hydroxylation sites is 3. The summed E-state index contributed by atoms with van der Waals surface area (Å²) in [4.78, 5) is 15.6. The monoisotopic (exact) mass is 615 g/mol. The van der Waals surface area contributed by atoms with E-state index in [1.807, 2.05) is 66.7 Å². The number of rotatable bonds is 4. The number of fused-ring (bicyclic) bond motifs is 7. The molecule has 0 saturated carbocycles. The zero-order valence-corrected chi connectivity index (χ0v) is 25.6. The van der Waals surface area contributed by atoms with Crippen molar-refractivity contribution in [2.24, 2.45) is 0 Å². The first-order chi connectivity index (χ1) is 23.8. The zero-order chi connectivity index (χ0) is 31.6. The predicted octanol–water partition coefficient (Wildman–Crippen LogP) is 11.5. The van der Waals surface area contributed by atoms with Gasteiger partial charge in [0.25, 0.3) is 0 Å². The van der Waals surface area contributed by atoms with E-state index in [-0.39, 0.29) is 0 Å².